The molecule has 0 aliphatic heterocycles. The maximum atomic E-state index is 12.3. The van der Waals surface area contributed by atoms with Crippen LogP contribution in [-0.2, 0) is 9.84 Å². The molecule has 0 saturated heterocycles. The predicted octanol–water partition coefficient (Wildman–Crippen LogP) is 1.51. The Morgan fingerprint density at radius 3 is 2.76 bits per heavy atom. The second-order valence-electron chi connectivity index (χ2n) is 5.72. The number of anilines is 1. The summed E-state index contributed by atoms with van der Waals surface area (Å²) < 4.78 is 23.8. The molecule has 3 rings (SSSR count). The maximum absolute atomic E-state index is 12.3. The molecule has 0 bridgehead atoms. The van der Waals surface area contributed by atoms with Crippen LogP contribution in [0.3, 0.4) is 0 Å². The highest BCUT2D eigenvalue weighted by Crippen LogP contribution is 2.35. The van der Waals surface area contributed by atoms with Gasteiger partial charge in [-0.2, -0.15) is 5.10 Å². The molecule has 21 heavy (non-hydrogen) atoms. The Balaban J connectivity index is 1.86. The van der Waals surface area contributed by atoms with Gasteiger partial charge in [-0.05, 0) is 12.8 Å². The van der Waals surface area contributed by atoms with Crippen molar-refractivity contribution in [1.82, 2.24) is 20.2 Å². The number of hydrogen-bond donors (Lipinski definition) is 2. The minimum Gasteiger partial charge on any atom is -0.368 e. The monoisotopic (exact) mass is 309 g/mol. The summed E-state index contributed by atoms with van der Waals surface area (Å²) in [4.78, 5) is 8.27. The third-order valence-corrected chi connectivity index (χ3v) is 6.50. The number of aromatic nitrogens is 4. The lowest BCUT2D eigenvalue weighted by molar-refractivity contribution is 0.386. The van der Waals surface area contributed by atoms with Crippen molar-refractivity contribution in [2.24, 2.45) is 0 Å². The quantitative estimate of drug-likeness (QED) is 0.888. The SMILES string of the molecule is CS(=O)(=O)C1(CNc2ncnc3[nH]ncc23)CCCCC1. The second-order valence-corrected chi connectivity index (χ2v) is 8.13. The highest BCUT2D eigenvalue weighted by atomic mass is 32.2. The molecule has 2 aromatic heterocycles. The summed E-state index contributed by atoms with van der Waals surface area (Å²) >= 11 is 0. The zero-order valence-electron chi connectivity index (χ0n) is 12.0. The zero-order chi connectivity index (χ0) is 14.9. The smallest absolute Gasteiger partial charge is 0.160 e. The van der Waals surface area contributed by atoms with Crippen LogP contribution in [0.15, 0.2) is 12.5 Å². The minimum absolute atomic E-state index is 0.378. The number of H-pyrrole nitrogens is 1. The van der Waals surface area contributed by atoms with Crippen molar-refractivity contribution in [3.63, 3.8) is 0 Å². The predicted molar refractivity (Wildman–Crippen MR) is 80.8 cm³/mol. The van der Waals surface area contributed by atoms with E-state index in [1.165, 1.54) is 12.6 Å². The van der Waals surface area contributed by atoms with Gasteiger partial charge in [0.1, 0.15) is 12.1 Å². The molecular formula is C13H19N5O2S. The molecule has 2 heterocycles. The van der Waals surface area contributed by atoms with Crippen molar-refractivity contribution in [2.75, 3.05) is 18.1 Å². The third kappa shape index (κ3) is 2.59. The van der Waals surface area contributed by atoms with Crippen LogP contribution in [0.2, 0.25) is 0 Å². The lowest BCUT2D eigenvalue weighted by atomic mass is 9.88. The van der Waals surface area contributed by atoms with E-state index in [1.54, 1.807) is 6.20 Å². The van der Waals surface area contributed by atoms with Crippen LogP contribution < -0.4 is 5.32 Å². The standard InChI is InChI=1S/C13H19N5O2S/c1-21(19,20)13(5-3-2-4-6-13)8-14-11-10-7-17-18-12(10)16-9-15-11/h7,9H,2-6,8H2,1H3,(H2,14,15,16,17,18). The first kappa shape index (κ1) is 14.2. The molecule has 1 fully saturated rings. The molecule has 0 spiro atoms. The summed E-state index contributed by atoms with van der Waals surface area (Å²) in [5.74, 6) is 0.627. The molecule has 114 valence electrons. The van der Waals surface area contributed by atoms with Gasteiger partial charge in [0.15, 0.2) is 15.5 Å². The van der Waals surface area contributed by atoms with Crippen molar-refractivity contribution in [3.8, 4) is 0 Å². The number of nitrogens with one attached hydrogen (secondary N) is 2. The first-order valence-electron chi connectivity index (χ1n) is 7.09. The number of aromatic amines is 1. The number of nitrogens with zero attached hydrogens (tertiary/aromatic N) is 3. The third-order valence-electron chi connectivity index (χ3n) is 4.38. The lowest BCUT2D eigenvalue weighted by Gasteiger charge is -2.35. The Kier molecular flexibility index (Phi) is 3.56. The van der Waals surface area contributed by atoms with Crippen LogP contribution in [-0.4, -0.2) is 46.1 Å². The van der Waals surface area contributed by atoms with Gasteiger partial charge in [-0.1, -0.05) is 19.3 Å². The molecule has 0 amide bonds. The second kappa shape index (κ2) is 5.25. The van der Waals surface area contributed by atoms with E-state index in [-0.39, 0.29) is 0 Å². The fourth-order valence-electron chi connectivity index (χ4n) is 3.03. The zero-order valence-corrected chi connectivity index (χ0v) is 12.8. The molecular weight excluding hydrogens is 290 g/mol. The molecule has 8 heteroatoms. The fraction of sp³-hybridized carbons (Fsp3) is 0.615. The number of sulfone groups is 1. The minimum atomic E-state index is -3.13. The Morgan fingerprint density at radius 2 is 2.05 bits per heavy atom. The largest absolute Gasteiger partial charge is 0.368 e. The summed E-state index contributed by atoms with van der Waals surface area (Å²) in [5.41, 5.74) is 0.643. The van der Waals surface area contributed by atoms with E-state index >= 15 is 0 Å². The first-order valence-corrected chi connectivity index (χ1v) is 8.99. The average molecular weight is 309 g/mol. The Bertz CT molecular complexity index is 734. The molecule has 0 unspecified atom stereocenters. The lowest BCUT2D eigenvalue weighted by Crippen LogP contribution is -2.46. The number of hydrogen-bond acceptors (Lipinski definition) is 6. The van der Waals surface area contributed by atoms with E-state index in [0.29, 0.717) is 30.9 Å². The molecule has 0 aromatic carbocycles. The van der Waals surface area contributed by atoms with Crippen LogP contribution in [0.1, 0.15) is 32.1 Å². The first-order chi connectivity index (χ1) is 10.0. The molecule has 7 nitrogen and oxygen atoms in total. The van der Waals surface area contributed by atoms with Crippen molar-refractivity contribution in [1.29, 1.82) is 0 Å². The van der Waals surface area contributed by atoms with Crippen LogP contribution in [0.4, 0.5) is 5.82 Å². The summed E-state index contributed by atoms with van der Waals surface area (Å²) in [6.45, 7) is 0.378. The van der Waals surface area contributed by atoms with Crippen LogP contribution >= 0.6 is 0 Å². The summed E-state index contributed by atoms with van der Waals surface area (Å²) in [5, 5.41) is 10.7. The highest BCUT2D eigenvalue weighted by molar-refractivity contribution is 7.92. The molecule has 2 aromatic rings. The molecule has 2 N–H and O–H groups in total. The van der Waals surface area contributed by atoms with E-state index in [9.17, 15) is 8.42 Å². The Hall–Kier alpha value is -1.70. The maximum Gasteiger partial charge on any atom is 0.160 e. The van der Waals surface area contributed by atoms with Gasteiger partial charge in [0.05, 0.1) is 16.3 Å². The van der Waals surface area contributed by atoms with Crippen molar-refractivity contribution >= 4 is 26.7 Å². The van der Waals surface area contributed by atoms with Gasteiger partial charge in [0.25, 0.3) is 0 Å². The number of fused-ring (bicyclic) bond motifs is 1. The van der Waals surface area contributed by atoms with Gasteiger partial charge in [-0.25, -0.2) is 18.4 Å². The van der Waals surface area contributed by atoms with E-state index in [4.69, 9.17) is 0 Å². The van der Waals surface area contributed by atoms with Crippen LogP contribution in [0.25, 0.3) is 11.0 Å². The topological polar surface area (TPSA) is 101 Å². The molecule has 1 aliphatic rings. The molecule has 1 aliphatic carbocycles. The molecule has 0 atom stereocenters. The number of rotatable bonds is 4. The van der Waals surface area contributed by atoms with E-state index in [2.05, 4.69) is 25.5 Å². The van der Waals surface area contributed by atoms with Gasteiger partial charge in [-0.15, -0.1) is 0 Å². The Labute approximate surface area is 123 Å². The Morgan fingerprint density at radius 1 is 1.29 bits per heavy atom. The summed E-state index contributed by atoms with van der Waals surface area (Å²) in [6, 6.07) is 0. The fourth-order valence-corrected chi connectivity index (χ4v) is 4.39. The van der Waals surface area contributed by atoms with Crippen LogP contribution in [0, 0.1) is 0 Å². The average Bonchev–Trinajstić information content (AvgIpc) is 2.94. The van der Waals surface area contributed by atoms with E-state index < -0.39 is 14.6 Å². The summed E-state index contributed by atoms with van der Waals surface area (Å²) in [6.07, 6.45) is 8.86. The van der Waals surface area contributed by atoms with Gasteiger partial charge in [0.2, 0.25) is 0 Å². The normalized spacial score (nSPS) is 18.7. The van der Waals surface area contributed by atoms with Gasteiger partial charge in [-0.3, -0.25) is 5.10 Å². The van der Waals surface area contributed by atoms with Crippen molar-refractivity contribution in [2.45, 2.75) is 36.9 Å². The molecule has 0 radical (unpaired) electrons. The van der Waals surface area contributed by atoms with Gasteiger partial charge in [0, 0.05) is 12.8 Å². The van der Waals surface area contributed by atoms with Crippen molar-refractivity contribution < 1.29 is 8.42 Å². The van der Waals surface area contributed by atoms with Gasteiger partial charge >= 0.3 is 0 Å². The van der Waals surface area contributed by atoms with Gasteiger partial charge < -0.3 is 5.32 Å². The van der Waals surface area contributed by atoms with E-state index in [0.717, 1.165) is 24.6 Å². The van der Waals surface area contributed by atoms with Crippen molar-refractivity contribution in [3.05, 3.63) is 12.5 Å². The van der Waals surface area contributed by atoms with Crippen LogP contribution in [0.5, 0.6) is 0 Å². The molecule has 1 saturated carbocycles. The highest BCUT2D eigenvalue weighted by Gasteiger charge is 2.41. The van der Waals surface area contributed by atoms with E-state index in [1.807, 2.05) is 0 Å². The summed E-state index contributed by atoms with van der Waals surface area (Å²) in [7, 11) is -3.13.